The topological polar surface area (TPSA) is 59.8 Å². The quantitative estimate of drug-likeness (QED) is 0.528. The number of para-hydroxylation sites is 1. The van der Waals surface area contributed by atoms with Gasteiger partial charge >= 0.3 is 0 Å². The fraction of sp³-hybridized carbons (Fsp3) is 0.286. The molecule has 0 aliphatic carbocycles. The summed E-state index contributed by atoms with van der Waals surface area (Å²) in [5, 5.41) is 13.1. The first-order valence-electron chi connectivity index (χ1n) is 9.27. The molecule has 0 aliphatic heterocycles. The van der Waals surface area contributed by atoms with E-state index in [1.165, 1.54) is 11.8 Å². The van der Waals surface area contributed by atoms with Crippen LogP contribution < -0.4 is 5.32 Å². The lowest BCUT2D eigenvalue weighted by atomic mass is 10.2. The molecule has 3 aromatic rings. The third kappa shape index (κ3) is 5.14. The van der Waals surface area contributed by atoms with Crippen molar-refractivity contribution in [3.05, 3.63) is 59.6 Å². The van der Waals surface area contributed by atoms with Gasteiger partial charge in [0.05, 0.1) is 5.75 Å². The first-order valence-corrected chi connectivity index (χ1v) is 10.6. The third-order valence-corrected chi connectivity index (χ3v) is 5.39. The average Bonchev–Trinajstić information content (AvgIpc) is 3.12. The molecule has 2 aromatic carbocycles. The maximum absolute atomic E-state index is 12.3. The van der Waals surface area contributed by atoms with Gasteiger partial charge in [-0.2, -0.15) is 0 Å². The van der Waals surface area contributed by atoms with Crippen LogP contribution in [0.15, 0.2) is 59.8 Å². The van der Waals surface area contributed by atoms with E-state index in [2.05, 4.69) is 22.4 Å². The van der Waals surface area contributed by atoms with Crippen molar-refractivity contribution in [1.29, 1.82) is 0 Å². The second-order valence-corrected chi connectivity index (χ2v) is 7.91. The molecule has 0 saturated heterocycles. The maximum atomic E-state index is 12.3. The Labute approximate surface area is 174 Å². The Bertz CT molecular complexity index is 912. The van der Waals surface area contributed by atoms with Crippen LogP contribution in [-0.2, 0) is 4.79 Å². The van der Waals surface area contributed by atoms with Gasteiger partial charge in [-0.25, -0.2) is 0 Å². The van der Waals surface area contributed by atoms with E-state index in [1.807, 2.05) is 66.1 Å². The summed E-state index contributed by atoms with van der Waals surface area (Å²) in [7, 11) is 0. The number of thioether (sulfide) groups is 1. The molecule has 7 heteroatoms. The van der Waals surface area contributed by atoms with E-state index in [-0.39, 0.29) is 11.9 Å². The Hall–Kier alpha value is -2.31. The largest absolute Gasteiger partial charge is 0.353 e. The van der Waals surface area contributed by atoms with Gasteiger partial charge in [0, 0.05) is 22.3 Å². The number of nitrogens with zero attached hydrogens (tertiary/aromatic N) is 3. The molecule has 1 aromatic heterocycles. The van der Waals surface area contributed by atoms with Gasteiger partial charge in [-0.15, -0.1) is 10.2 Å². The first-order chi connectivity index (χ1) is 13.6. The SMILES string of the molecule is CCC[C@@H](C)NC(=O)CSc1nnc(-c2ccc(Cl)cc2)n1-c1ccccc1. The summed E-state index contributed by atoms with van der Waals surface area (Å²) in [5.74, 6) is 1.01. The van der Waals surface area contributed by atoms with Crippen LogP contribution in [0.25, 0.3) is 17.1 Å². The van der Waals surface area contributed by atoms with Gasteiger partial charge in [-0.1, -0.05) is 54.9 Å². The van der Waals surface area contributed by atoms with E-state index < -0.39 is 0 Å². The molecule has 5 nitrogen and oxygen atoms in total. The van der Waals surface area contributed by atoms with Crippen molar-refractivity contribution in [3.63, 3.8) is 0 Å². The third-order valence-electron chi connectivity index (χ3n) is 4.21. The van der Waals surface area contributed by atoms with Crippen LogP contribution in [0.1, 0.15) is 26.7 Å². The van der Waals surface area contributed by atoms with E-state index in [0.29, 0.717) is 21.8 Å². The van der Waals surface area contributed by atoms with Crippen LogP contribution in [0.2, 0.25) is 5.02 Å². The van der Waals surface area contributed by atoms with Gasteiger partial charge in [0.15, 0.2) is 11.0 Å². The highest BCUT2D eigenvalue weighted by atomic mass is 35.5. The van der Waals surface area contributed by atoms with Crippen LogP contribution >= 0.6 is 23.4 Å². The molecule has 3 rings (SSSR count). The number of carbonyl (C=O) groups is 1. The van der Waals surface area contributed by atoms with Crippen LogP contribution in [0.5, 0.6) is 0 Å². The van der Waals surface area contributed by atoms with Crippen LogP contribution in [0.4, 0.5) is 0 Å². The van der Waals surface area contributed by atoms with Gasteiger partial charge in [0.1, 0.15) is 0 Å². The van der Waals surface area contributed by atoms with E-state index in [0.717, 1.165) is 24.1 Å². The summed E-state index contributed by atoms with van der Waals surface area (Å²) >= 11 is 7.40. The maximum Gasteiger partial charge on any atom is 0.230 e. The zero-order valence-electron chi connectivity index (χ0n) is 15.9. The van der Waals surface area contributed by atoms with Gasteiger partial charge in [0.2, 0.25) is 5.91 Å². The predicted molar refractivity (Wildman–Crippen MR) is 115 cm³/mol. The Kier molecular flexibility index (Phi) is 7.12. The fourth-order valence-electron chi connectivity index (χ4n) is 2.91. The van der Waals surface area contributed by atoms with Crippen LogP contribution in [0.3, 0.4) is 0 Å². The normalized spacial score (nSPS) is 12.0. The minimum atomic E-state index is 0.00149. The number of hydrogen-bond acceptors (Lipinski definition) is 4. The van der Waals surface area contributed by atoms with Crippen molar-refractivity contribution in [2.24, 2.45) is 0 Å². The predicted octanol–water partition coefficient (Wildman–Crippen LogP) is 4.98. The molecule has 28 heavy (non-hydrogen) atoms. The van der Waals surface area contributed by atoms with Crippen molar-refractivity contribution in [1.82, 2.24) is 20.1 Å². The smallest absolute Gasteiger partial charge is 0.230 e. The minimum Gasteiger partial charge on any atom is -0.353 e. The highest BCUT2D eigenvalue weighted by molar-refractivity contribution is 7.99. The number of aromatic nitrogens is 3. The number of hydrogen-bond donors (Lipinski definition) is 1. The highest BCUT2D eigenvalue weighted by Crippen LogP contribution is 2.28. The molecule has 0 bridgehead atoms. The molecule has 0 spiro atoms. The van der Waals surface area contributed by atoms with Crippen LogP contribution in [0, 0.1) is 0 Å². The number of halogens is 1. The zero-order valence-corrected chi connectivity index (χ0v) is 17.5. The van der Waals surface area contributed by atoms with Crippen LogP contribution in [-0.4, -0.2) is 32.5 Å². The van der Waals surface area contributed by atoms with Crippen molar-refractivity contribution in [2.75, 3.05) is 5.75 Å². The molecule has 1 atom stereocenters. The molecule has 0 fully saturated rings. The fourth-order valence-corrected chi connectivity index (χ4v) is 3.80. The van der Waals surface area contributed by atoms with Crippen molar-refractivity contribution < 1.29 is 4.79 Å². The van der Waals surface area contributed by atoms with Gasteiger partial charge in [0.25, 0.3) is 0 Å². The zero-order chi connectivity index (χ0) is 19.9. The molecule has 0 aliphatic rings. The van der Waals surface area contributed by atoms with E-state index in [1.54, 1.807) is 0 Å². The Morgan fingerprint density at radius 1 is 1.14 bits per heavy atom. The standard InChI is InChI=1S/C21H23ClN4OS/c1-3-7-15(2)23-19(27)14-28-21-25-24-20(16-10-12-17(22)13-11-16)26(21)18-8-5-4-6-9-18/h4-6,8-13,15H,3,7,14H2,1-2H3,(H,23,27)/t15-/m1/s1. The molecular formula is C21H23ClN4OS. The van der Waals surface area contributed by atoms with E-state index in [9.17, 15) is 4.79 Å². The lowest BCUT2D eigenvalue weighted by Gasteiger charge is -2.13. The number of nitrogens with one attached hydrogen (secondary N) is 1. The Balaban J connectivity index is 1.85. The number of amides is 1. The monoisotopic (exact) mass is 414 g/mol. The van der Waals surface area contributed by atoms with E-state index >= 15 is 0 Å². The molecule has 0 radical (unpaired) electrons. The lowest BCUT2D eigenvalue weighted by molar-refractivity contribution is -0.119. The Morgan fingerprint density at radius 2 is 1.86 bits per heavy atom. The molecule has 0 saturated carbocycles. The summed E-state index contributed by atoms with van der Waals surface area (Å²) in [6, 6.07) is 17.6. The van der Waals surface area contributed by atoms with Crippen molar-refractivity contribution in [2.45, 2.75) is 37.9 Å². The number of benzene rings is 2. The molecular weight excluding hydrogens is 392 g/mol. The molecule has 1 N–H and O–H groups in total. The lowest BCUT2D eigenvalue weighted by Crippen LogP contribution is -2.33. The van der Waals surface area contributed by atoms with Gasteiger partial charge in [-0.3, -0.25) is 9.36 Å². The summed E-state index contributed by atoms with van der Waals surface area (Å²) < 4.78 is 1.97. The summed E-state index contributed by atoms with van der Waals surface area (Å²) in [6.45, 7) is 4.13. The minimum absolute atomic E-state index is 0.00149. The van der Waals surface area contributed by atoms with E-state index in [4.69, 9.17) is 11.6 Å². The molecule has 0 unspecified atom stereocenters. The second-order valence-electron chi connectivity index (χ2n) is 6.53. The summed E-state index contributed by atoms with van der Waals surface area (Å²) in [4.78, 5) is 12.3. The number of rotatable bonds is 8. The molecule has 1 amide bonds. The molecule has 1 heterocycles. The Morgan fingerprint density at radius 3 is 2.54 bits per heavy atom. The van der Waals surface area contributed by atoms with Crippen molar-refractivity contribution in [3.8, 4) is 17.1 Å². The van der Waals surface area contributed by atoms with Gasteiger partial charge < -0.3 is 5.32 Å². The average molecular weight is 415 g/mol. The first kappa shape index (κ1) is 20.4. The summed E-state index contributed by atoms with van der Waals surface area (Å²) in [6.07, 6.45) is 2.01. The number of carbonyl (C=O) groups excluding carboxylic acids is 1. The highest BCUT2D eigenvalue weighted by Gasteiger charge is 2.17. The van der Waals surface area contributed by atoms with Crippen molar-refractivity contribution >= 4 is 29.3 Å². The second kappa shape index (κ2) is 9.75. The summed E-state index contributed by atoms with van der Waals surface area (Å²) in [5.41, 5.74) is 1.85. The van der Waals surface area contributed by atoms with Gasteiger partial charge in [-0.05, 0) is 49.7 Å². The molecule has 146 valence electrons.